The molecule has 1 aromatic heterocycles. The molecule has 30 heavy (non-hydrogen) atoms. The van der Waals surface area contributed by atoms with E-state index in [0.29, 0.717) is 33.6 Å². The summed E-state index contributed by atoms with van der Waals surface area (Å²) in [7, 11) is 0. The van der Waals surface area contributed by atoms with E-state index in [2.05, 4.69) is 15.6 Å². The summed E-state index contributed by atoms with van der Waals surface area (Å²) in [6.07, 6.45) is 0. The number of halogens is 1. The summed E-state index contributed by atoms with van der Waals surface area (Å²) in [4.78, 5) is 17.0. The molecule has 150 valence electrons. The summed E-state index contributed by atoms with van der Waals surface area (Å²) >= 11 is 12.8. The van der Waals surface area contributed by atoms with Crippen LogP contribution in [0.4, 0.5) is 5.13 Å². The van der Waals surface area contributed by atoms with Crippen molar-refractivity contribution in [2.45, 2.75) is 6.61 Å². The largest absolute Gasteiger partial charge is 0.489 e. The van der Waals surface area contributed by atoms with Crippen LogP contribution in [0.5, 0.6) is 5.75 Å². The number of rotatable bonds is 5. The predicted octanol–water partition coefficient (Wildman–Crippen LogP) is 5.66. The Hall–Kier alpha value is -3.00. The number of hydrogen-bond acceptors (Lipinski definition) is 5. The molecule has 8 heteroatoms. The molecule has 0 aliphatic carbocycles. The first kappa shape index (κ1) is 20.3. The minimum absolute atomic E-state index is 0.158. The van der Waals surface area contributed by atoms with Crippen molar-refractivity contribution >= 4 is 61.5 Å². The number of nitrogens with one attached hydrogen (secondary N) is 2. The van der Waals surface area contributed by atoms with Gasteiger partial charge in [-0.3, -0.25) is 10.1 Å². The number of ether oxygens (including phenoxy) is 1. The van der Waals surface area contributed by atoms with Crippen molar-refractivity contribution in [2.24, 2.45) is 0 Å². The highest BCUT2D eigenvalue weighted by Gasteiger charge is 2.12. The topological polar surface area (TPSA) is 63.2 Å². The summed E-state index contributed by atoms with van der Waals surface area (Å²) in [5.74, 6) is 0.267. The summed E-state index contributed by atoms with van der Waals surface area (Å²) < 4.78 is 6.71. The number of aromatic nitrogens is 1. The fourth-order valence-electron chi connectivity index (χ4n) is 2.74. The quantitative estimate of drug-likeness (QED) is 0.382. The molecule has 0 radical (unpaired) electrons. The number of thiocarbonyl (C=S) groups is 1. The minimum Gasteiger partial charge on any atom is -0.489 e. The molecular formula is C22H16ClN3O2S2. The second kappa shape index (κ2) is 9.21. The zero-order chi connectivity index (χ0) is 20.9. The van der Waals surface area contributed by atoms with Crippen LogP contribution in [0.25, 0.3) is 10.2 Å². The summed E-state index contributed by atoms with van der Waals surface area (Å²) in [5.41, 5.74) is 2.19. The Balaban J connectivity index is 1.38. The molecule has 1 amide bonds. The van der Waals surface area contributed by atoms with Crippen LogP contribution in [0, 0.1) is 0 Å². The van der Waals surface area contributed by atoms with Gasteiger partial charge in [-0.2, -0.15) is 0 Å². The van der Waals surface area contributed by atoms with E-state index in [4.69, 9.17) is 28.6 Å². The van der Waals surface area contributed by atoms with Crippen LogP contribution < -0.4 is 15.4 Å². The SMILES string of the molecule is O=C(NC(=S)Nc1nc2c(Cl)cccc2s1)c1cccc(OCc2ccccc2)c1. The molecule has 0 bridgehead atoms. The average Bonchev–Trinajstić information content (AvgIpc) is 3.17. The van der Waals surface area contributed by atoms with Crippen molar-refractivity contribution in [2.75, 3.05) is 5.32 Å². The predicted molar refractivity (Wildman–Crippen MR) is 126 cm³/mol. The van der Waals surface area contributed by atoms with E-state index in [0.717, 1.165) is 10.3 Å². The minimum atomic E-state index is -0.336. The summed E-state index contributed by atoms with van der Waals surface area (Å²) in [5, 5.41) is 6.89. The molecule has 0 unspecified atom stereocenters. The molecule has 0 saturated heterocycles. The molecule has 0 aliphatic rings. The van der Waals surface area contributed by atoms with Gasteiger partial charge < -0.3 is 10.1 Å². The molecule has 0 spiro atoms. The Morgan fingerprint density at radius 2 is 1.87 bits per heavy atom. The molecule has 0 fully saturated rings. The van der Waals surface area contributed by atoms with Crippen molar-refractivity contribution in [3.8, 4) is 5.75 Å². The van der Waals surface area contributed by atoms with Crippen molar-refractivity contribution < 1.29 is 9.53 Å². The Kier molecular flexibility index (Phi) is 6.23. The van der Waals surface area contributed by atoms with Crippen molar-refractivity contribution in [1.82, 2.24) is 10.3 Å². The Labute approximate surface area is 187 Å². The molecule has 4 aromatic rings. The van der Waals surface area contributed by atoms with Gasteiger partial charge in [-0.05, 0) is 48.1 Å². The number of fused-ring (bicyclic) bond motifs is 1. The van der Waals surface area contributed by atoms with Crippen LogP contribution in [-0.2, 0) is 6.61 Å². The zero-order valence-corrected chi connectivity index (χ0v) is 18.0. The Bertz CT molecular complexity index is 1210. The van der Waals surface area contributed by atoms with Gasteiger partial charge in [-0.15, -0.1) is 0 Å². The van der Waals surface area contributed by atoms with E-state index in [1.54, 1.807) is 30.3 Å². The average molecular weight is 454 g/mol. The van der Waals surface area contributed by atoms with Gasteiger partial charge in [-0.1, -0.05) is 65.4 Å². The molecule has 5 nitrogen and oxygen atoms in total. The maximum atomic E-state index is 12.6. The highest BCUT2D eigenvalue weighted by Crippen LogP contribution is 2.30. The highest BCUT2D eigenvalue weighted by atomic mass is 35.5. The van der Waals surface area contributed by atoms with Gasteiger partial charge in [0.05, 0.1) is 9.72 Å². The lowest BCUT2D eigenvalue weighted by atomic mass is 10.2. The van der Waals surface area contributed by atoms with Crippen molar-refractivity contribution in [1.29, 1.82) is 0 Å². The number of nitrogens with zero attached hydrogens (tertiary/aromatic N) is 1. The molecule has 0 saturated carbocycles. The second-order valence-corrected chi connectivity index (χ2v) is 8.16. The van der Waals surface area contributed by atoms with Gasteiger partial charge in [0.1, 0.15) is 17.9 Å². The number of benzene rings is 3. The number of carbonyl (C=O) groups excluding carboxylic acids is 1. The molecule has 0 aliphatic heterocycles. The third-order valence-electron chi connectivity index (χ3n) is 4.16. The van der Waals surface area contributed by atoms with E-state index in [1.807, 2.05) is 42.5 Å². The summed E-state index contributed by atoms with van der Waals surface area (Å²) in [6, 6.07) is 22.3. The van der Waals surface area contributed by atoms with Crippen LogP contribution in [0.2, 0.25) is 5.02 Å². The smallest absolute Gasteiger partial charge is 0.257 e. The van der Waals surface area contributed by atoms with Crippen LogP contribution in [0.15, 0.2) is 72.8 Å². The fraction of sp³-hybridized carbons (Fsp3) is 0.0455. The van der Waals surface area contributed by atoms with Gasteiger partial charge >= 0.3 is 0 Å². The standard InChI is InChI=1S/C22H16ClN3O2S2/c23-17-10-5-11-18-19(17)24-22(30-18)26-21(29)25-20(27)15-8-4-9-16(12-15)28-13-14-6-2-1-3-7-14/h1-12H,13H2,(H2,24,25,26,27,29). The third kappa shape index (κ3) is 4.94. The lowest BCUT2D eigenvalue weighted by Gasteiger charge is -2.10. The number of para-hydroxylation sites is 1. The first-order chi connectivity index (χ1) is 14.6. The van der Waals surface area contributed by atoms with E-state index >= 15 is 0 Å². The van der Waals surface area contributed by atoms with Crippen LogP contribution in [0.3, 0.4) is 0 Å². The number of amides is 1. The van der Waals surface area contributed by atoms with E-state index in [-0.39, 0.29) is 11.0 Å². The molecule has 4 rings (SSSR count). The maximum absolute atomic E-state index is 12.6. The first-order valence-corrected chi connectivity index (χ1v) is 10.6. The van der Waals surface area contributed by atoms with Gasteiger partial charge in [0.15, 0.2) is 10.2 Å². The van der Waals surface area contributed by atoms with E-state index < -0.39 is 0 Å². The number of thiazole rings is 1. The Morgan fingerprint density at radius 3 is 2.67 bits per heavy atom. The van der Waals surface area contributed by atoms with Crippen LogP contribution >= 0.6 is 35.2 Å². The van der Waals surface area contributed by atoms with Crippen molar-refractivity contribution in [3.05, 3.63) is 88.9 Å². The fourth-order valence-corrected chi connectivity index (χ4v) is 4.16. The normalized spacial score (nSPS) is 10.6. The molecule has 3 aromatic carbocycles. The molecule has 0 atom stereocenters. The lowest BCUT2D eigenvalue weighted by molar-refractivity contribution is 0.0977. The lowest BCUT2D eigenvalue weighted by Crippen LogP contribution is -2.34. The maximum Gasteiger partial charge on any atom is 0.257 e. The van der Waals surface area contributed by atoms with Gasteiger partial charge in [0.25, 0.3) is 5.91 Å². The Morgan fingerprint density at radius 1 is 1.07 bits per heavy atom. The van der Waals surface area contributed by atoms with Crippen LogP contribution in [-0.4, -0.2) is 16.0 Å². The summed E-state index contributed by atoms with van der Waals surface area (Å²) in [6.45, 7) is 0.423. The van der Waals surface area contributed by atoms with Gasteiger partial charge in [-0.25, -0.2) is 4.98 Å². The van der Waals surface area contributed by atoms with Gasteiger partial charge in [0.2, 0.25) is 0 Å². The van der Waals surface area contributed by atoms with E-state index in [1.165, 1.54) is 11.3 Å². The zero-order valence-electron chi connectivity index (χ0n) is 15.6. The third-order valence-corrected chi connectivity index (χ3v) is 5.61. The van der Waals surface area contributed by atoms with Crippen molar-refractivity contribution in [3.63, 3.8) is 0 Å². The highest BCUT2D eigenvalue weighted by molar-refractivity contribution is 7.80. The second-order valence-electron chi connectivity index (χ2n) is 6.32. The monoisotopic (exact) mass is 453 g/mol. The van der Waals surface area contributed by atoms with Crippen LogP contribution in [0.1, 0.15) is 15.9 Å². The number of carbonyl (C=O) groups is 1. The first-order valence-electron chi connectivity index (χ1n) is 9.03. The van der Waals surface area contributed by atoms with E-state index in [9.17, 15) is 4.79 Å². The molecule has 1 heterocycles. The molecule has 2 N–H and O–H groups in total. The number of anilines is 1. The number of hydrogen-bond donors (Lipinski definition) is 2. The molecular weight excluding hydrogens is 438 g/mol. The van der Waals surface area contributed by atoms with Gasteiger partial charge in [0, 0.05) is 5.56 Å².